The zero-order valence-electron chi connectivity index (χ0n) is 9.96. The molecule has 6 heteroatoms. The van der Waals surface area contributed by atoms with Gasteiger partial charge in [0.05, 0.1) is 12.2 Å². The van der Waals surface area contributed by atoms with E-state index in [9.17, 15) is 9.18 Å². The number of ether oxygens (including phenoxy) is 1. The normalized spacial score (nSPS) is 10.4. The van der Waals surface area contributed by atoms with E-state index in [0.29, 0.717) is 35.1 Å². The molecule has 0 spiro atoms. The van der Waals surface area contributed by atoms with Crippen molar-refractivity contribution in [2.45, 2.75) is 0 Å². The van der Waals surface area contributed by atoms with Crippen LogP contribution in [0.1, 0.15) is 10.4 Å². The molecule has 0 bridgehead atoms. The van der Waals surface area contributed by atoms with E-state index < -0.39 is 0 Å². The van der Waals surface area contributed by atoms with Crippen LogP contribution < -0.4 is 0 Å². The molecule has 1 aromatic rings. The molecule has 0 saturated carbocycles. The minimum Gasteiger partial charge on any atom is -0.383 e. The lowest BCUT2D eigenvalue weighted by molar-refractivity contribution is 0.0708. The van der Waals surface area contributed by atoms with Gasteiger partial charge in [0, 0.05) is 30.0 Å². The fraction of sp³-hybridized carbons (Fsp3) is 0.417. The predicted octanol–water partition coefficient (Wildman–Crippen LogP) is 3.07. The molecule has 0 aliphatic heterocycles. The van der Waals surface area contributed by atoms with Gasteiger partial charge < -0.3 is 9.64 Å². The van der Waals surface area contributed by atoms with Gasteiger partial charge in [0.2, 0.25) is 0 Å². The average Bonchev–Trinajstić information content (AvgIpc) is 2.33. The number of halogens is 3. The topological polar surface area (TPSA) is 29.5 Å². The van der Waals surface area contributed by atoms with Crippen LogP contribution >= 0.6 is 31.9 Å². The van der Waals surface area contributed by atoms with E-state index in [0.717, 1.165) is 0 Å². The van der Waals surface area contributed by atoms with Crippen LogP contribution in [0.25, 0.3) is 0 Å². The summed E-state index contributed by atoms with van der Waals surface area (Å²) in [6.07, 6.45) is 0. The molecule has 100 valence electrons. The van der Waals surface area contributed by atoms with Gasteiger partial charge in [0.25, 0.3) is 5.91 Å². The van der Waals surface area contributed by atoms with E-state index in [1.165, 1.54) is 18.2 Å². The minimum absolute atomic E-state index is 0.140. The summed E-state index contributed by atoms with van der Waals surface area (Å²) >= 11 is 6.51. The Morgan fingerprint density at radius 3 is 2.72 bits per heavy atom. The third kappa shape index (κ3) is 4.33. The summed E-state index contributed by atoms with van der Waals surface area (Å²) < 4.78 is 18.4. The van der Waals surface area contributed by atoms with Gasteiger partial charge in [-0.3, -0.25) is 4.79 Å². The Hall–Kier alpha value is -0.460. The lowest BCUT2D eigenvalue weighted by Gasteiger charge is -2.22. The first kappa shape index (κ1) is 15.6. The summed E-state index contributed by atoms with van der Waals surface area (Å²) in [5.41, 5.74) is 0.452. The molecule has 18 heavy (non-hydrogen) atoms. The van der Waals surface area contributed by atoms with Crippen molar-refractivity contribution in [3.05, 3.63) is 34.1 Å². The molecule has 0 saturated heterocycles. The molecule has 1 aromatic carbocycles. The van der Waals surface area contributed by atoms with Crippen LogP contribution in [0.4, 0.5) is 4.39 Å². The molecule has 0 radical (unpaired) electrons. The van der Waals surface area contributed by atoms with Gasteiger partial charge in [-0.25, -0.2) is 4.39 Å². The quantitative estimate of drug-likeness (QED) is 0.707. The Morgan fingerprint density at radius 2 is 2.17 bits per heavy atom. The molecular formula is C12H14Br2FNO2. The Bertz CT molecular complexity index is 415. The van der Waals surface area contributed by atoms with E-state index in [1.807, 2.05) is 0 Å². The number of methoxy groups -OCH3 is 1. The van der Waals surface area contributed by atoms with E-state index >= 15 is 0 Å². The minimum atomic E-state index is -0.373. The number of alkyl halides is 1. The summed E-state index contributed by atoms with van der Waals surface area (Å²) in [5, 5.41) is 0.682. The van der Waals surface area contributed by atoms with Gasteiger partial charge in [0.15, 0.2) is 0 Å². The number of benzene rings is 1. The van der Waals surface area contributed by atoms with Crippen LogP contribution in [0.2, 0.25) is 0 Å². The van der Waals surface area contributed by atoms with Gasteiger partial charge in [-0.1, -0.05) is 15.9 Å². The summed E-state index contributed by atoms with van der Waals surface area (Å²) in [6.45, 7) is 1.55. The highest BCUT2D eigenvalue weighted by atomic mass is 79.9. The van der Waals surface area contributed by atoms with E-state index in [4.69, 9.17) is 4.74 Å². The van der Waals surface area contributed by atoms with Gasteiger partial charge >= 0.3 is 0 Å². The van der Waals surface area contributed by atoms with Gasteiger partial charge in [0.1, 0.15) is 5.82 Å². The number of amides is 1. The van der Waals surface area contributed by atoms with Crippen LogP contribution in [-0.4, -0.2) is 42.9 Å². The number of hydrogen-bond acceptors (Lipinski definition) is 2. The number of carbonyl (C=O) groups excluding carboxylic acids is 1. The number of carbonyl (C=O) groups is 1. The molecule has 0 fully saturated rings. The number of hydrogen-bond donors (Lipinski definition) is 0. The second kappa shape index (κ2) is 7.86. The molecule has 0 aliphatic carbocycles. The van der Waals surface area contributed by atoms with Crippen molar-refractivity contribution < 1.29 is 13.9 Å². The molecule has 0 aliphatic rings. The molecule has 3 nitrogen and oxygen atoms in total. The summed E-state index contributed by atoms with van der Waals surface area (Å²) in [4.78, 5) is 13.9. The molecule has 1 amide bonds. The molecule has 0 unspecified atom stereocenters. The predicted molar refractivity (Wildman–Crippen MR) is 75.7 cm³/mol. The summed E-state index contributed by atoms with van der Waals surface area (Å²) in [6, 6.07) is 4.05. The van der Waals surface area contributed by atoms with Crippen LogP contribution in [0, 0.1) is 5.82 Å². The highest BCUT2D eigenvalue weighted by Gasteiger charge is 2.17. The fourth-order valence-corrected chi connectivity index (χ4v) is 2.40. The monoisotopic (exact) mass is 381 g/mol. The van der Waals surface area contributed by atoms with Crippen molar-refractivity contribution in [1.29, 1.82) is 0 Å². The molecule has 0 atom stereocenters. The highest BCUT2D eigenvalue weighted by molar-refractivity contribution is 9.10. The first-order chi connectivity index (χ1) is 8.60. The maximum atomic E-state index is 13.0. The van der Waals surface area contributed by atoms with Gasteiger partial charge in [-0.05, 0) is 34.1 Å². The largest absolute Gasteiger partial charge is 0.383 e. The standard InChI is InChI=1S/C12H14Br2FNO2/c1-18-7-6-16(5-4-13)12(17)10-3-2-9(15)8-11(10)14/h2-3,8H,4-7H2,1H3. The number of nitrogens with zero attached hydrogens (tertiary/aromatic N) is 1. The molecule has 0 N–H and O–H groups in total. The molecule has 0 aromatic heterocycles. The summed E-state index contributed by atoms with van der Waals surface area (Å²) in [7, 11) is 1.59. The zero-order valence-corrected chi connectivity index (χ0v) is 13.1. The van der Waals surface area contributed by atoms with Gasteiger partial charge in [-0.15, -0.1) is 0 Å². The molecular weight excluding hydrogens is 369 g/mol. The SMILES string of the molecule is COCCN(CCBr)C(=O)c1ccc(F)cc1Br. The van der Waals surface area contributed by atoms with Crippen molar-refractivity contribution in [2.24, 2.45) is 0 Å². The smallest absolute Gasteiger partial charge is 0.255 e. The number of rotatable bonds is 6. The Balaban J connectivity index is 2.87. The highest BCUT2D eigenvalue weighted by Crippen LogP contribution is 2.19. The zero-order chi connectivity index (χ0) is 13.5. The van der Waals surface area contributed by atoms with Crippen molar-refractivity contribution in [3.8, 4) is 0 Å². The Labute approximate surface area is 123 Å². The van der Waals surface area contributed by atoms with Crippen LogP contribution in [0.5, 0.6) is 0 Å². The second-order valence-corrected chi connectivity index (χ2v) is 5.25. The first-order valence-electron chi connectivity index (χ1n) is 5.39. The maximum absolute atomic E-state index is 13.0. The van der Waals surface area contributed by atoms with Crippen molar-refractivity contribution in [1.82, 2.24) is 4.90 Å². The van der Waals surface area contributed by atoms with Crippen molar-refractivity contribution >= 4 is 37.8 Å². The third-order valence-electron chi connectivity index (χ3n) is 2.37. The van der Waals surface area contributed by atoms with E-state index in [2.05, 4.69) is 31.9 Å². The fourth-order valence-electron chi connectivity index (χ4n) is 1.45. The van der Waals surface area contributed by atoms with Crippen molar-refractivity contribution in [2.75, 3.05) is 32.1 Å². The van der Waals surface area contributed by atoms with Gasteiger partial charge in [-0.2, -0.15) is 0 Å². The molecule has 1 rings (SSSR count). The van der Waals surface area contributed by atoms with E-state index in [1.54, 1.807) is 12.0 Å². The Kier molecular flexibility index (Phi) is 6.81. The maximum Gasteiger partial charge on any atom is 0.255 e. The second-order valence-electron chi connectivity index (χ2n) is 3.60. The Morgan fingerprint density at radius 1 is 1.44 bits per heavy atom. The summed E-state index contributed by atoms with van der Waals surface area (Å²) in [5.74, 6) is -0.513. The lowest BCUT2D eigenvalue weighted by atomic mass is 10.2. The van der Waals surface area contributed by atoms with E-state index in [-0.39, 0.29) is 11.7 Å². The van der Waals surface area contributed by atoms with Crippen LogP contribution in [-0.2, 0) is 4.74 Å². The third-order valence-corrected chi connectivity index (χ3v) is 3.38. The van der Waals surface area contributed by atoms with Crippen molar-refractivity contribution in [3.63, 3.8) is 0 Å². The van der Waals surface area contributed by atoms with Crippen LogP contribution in [0.3, 0.4) is 0 Å². The first-order valence-corrected chi connectivity index (χ1v) is 7.30. The van der Waals surface area contributed by atoms with Crippen LogP contribution in [0.15, 0.2) is 22.7 Å². The molecule has 0 heterocycles. The average molecular weight is 383 g/mol. The lowest BCUT2D eigenvalue weighted by Crippen LogP contribution is -2.35.